The number of carbonyl (C=O) groups is 1. The fourth-order valence-electron chi connectivity index (χ4n) is 2.42. The summed E-state index contributed by atoms with van der Waals surface area (Å²) in [5.74, 6) is -0.803. The minimum Gasteiger partial charge on any atom is -0.481 e. The van der Waals surface area contributed by atoms with E-state index in [1.807, 2.05) is 0 Å². The van der Waals surface area contributed by atoms with Crippen molar-refractivity contribution >= 4 is 5.97 Å². The lowest BCUT2D eigenvalue weighted by atomic mass is 10.0. The molecule has 0 aliphatic rings. The molecule has 0 fully saturated rings. The Balaban J connectivity index is 3.76. The van der Waals surface area contributed by atoms with Crippen LogP contribution in [0.5, 0.6) is 0 Å². The van der Waals surface area contributed by atoms with Crippen molar-refractivity contribution in [2.45, 2.75) is 95.9 Å². The number of carboxylic acid groups (broad SMARTS) is 1. The van der Waals surface area contributed by atoms with Gasteiger partial charge in [-0.15, -0.1) is 0 Å². The Morgan fingerprint density at radius 1 is 0.957 bits per heavy atom. The van der Waals surface area contributed by atoms with Gasteiger partial charge >= 0.3 is 5.97 Å². The van der Waals surface area contributed by atoms with Crippen LogP contribution >= 0.6 is 0 Å². The molecular formula is C18H34O5. The van der Waals surface area contributed by atoms with Crippen LogP contribution in [0.1, 0.15) is 77.6 Å². The lowest BCUT2D eigenvalue weighted by molar-refractivity contribution is -0.137. The van der Waals surface area contributed by atoms with Crippen molar-refractivity contribution < 1.29 is 25.2 Å². The number of aliphatic hydroxyl groups excluding tert-OH is 3. The molecule has 136 valence electrons. The van der Waals surface area contributed by atoms with E-state index in [9.17, 15) is 20.1 Å². The molecule has 0 saturated heterocycles. The van der Waals surface area contributed by atoms with E-state index >= 15 is 0 Å². The van der Waals surface area contributed by atoms with Gasteiger partial charge in [0.25, 0.3) is 0 Å². The van der Waals surface area contributed by atoms with Crippen LogP contribution in [0.15, 0.2) is 12.2 Å². The van der Waals surface area contributed by atoms with Crippen molar-refractivity contribution in [1.29, 1.82) is 0 Å². The number of rotatable bonds is 15. The Morgan fingerprint density at radius 2 is 1.61 bits per heavy atom. The summed E-state index contributed by atoms with van der Waals surface area (Å²) >= 11 is 0. The van der Waals surface area contributed by atoms with Crippen molar-refractivity contribution in [3.8, 4) is 0 Å². The van der Waals surface area contributed by atoms with Gasteiger partial charge in [-0.2, -0.15) is 0 Å². The topological polar surface area (TPSA) is 98.0 Å². The van der Waals surface area contributed by atoms with Crippen molar-refractivity contribution in [2.75, 3.05) is 0 Å². The second-order valence-corrected chi connectivity index (χ2v) is 6.17. The summed E-state index contributed by atoms with van der Waals surface area (Å²) in [6, 6.07) is 0. The molecule has 0 saturated carbocycles. The Morgan fingerprint density at radius 3 is 2.26 bits per heavy atom. The minimum atomic E-state index is -1.17. The second kappa shape index (κ2) is 14.7. The summed E-state index contributed by atoms with van der Waals surface area (Å²) in [5, 5.41) is 38.1. The fourth-order valence-corrected chi connectivity index (χ4v) is 2.42. The highest BCUT2D eigenvalue weighted by Gasteiger charge is 2.21. The van der Waals surface area contributed by atoms with Gasteiger partial charge in [0.1, 0.15) is 12.2 Å². The molecule has 23 heavy (non-hydrogen) atoms. The van der Waals surface area contributed by atoms with Crippen LogP contribution in [-0.2, 0) is 4.79 Å². The van der Waals surface area contributed by atoms with E-state index in [0.717, 1.165) is 25.7 Å². The van der Waals surface area contributed by atoms with Crippen LogP contribution in [0.25, 0.3) is 0 Å². The Bertz CT molecular complexity index is 317. The first-order valence-corrected chi connectivity index (χ1v) is 8.91. The van der Waals surface area contributed by atoms with Crippen molar-refractivity contribution in [3.63, 3.8) is 0 Å². The molecule has 4 N–H and O–H groups in total. The fraction of sp³-hybridized carbons (Fsp3) is 0.833. The van der Waals surface area contributed by atoms with Gasteiger partial charge in [-0.1, -0.05) is 57.6 Å². The Kier molecular flexibility index (Phi) is 14.1. The quantitative estimate of drug-likeness (QED) is 0.273. The minimum absolute atomic E-state index is 0.149. The molecule has 0 aromatic carbocycles. The third-order valence-corrected chi connectivity index (χ3v) is 3.94. The number of aliphatic carboxylic acids is 1. The number of hydrogen-bond acceptors (Lipinski definition) is 4. The Labute approximate surface area is 140 Å². The lowest BCUT2D eigenvalue weighted by Crippen LogP contribution is -2.36. The molecule has 0 spiro atoms. The first kappa shape index (κ1) is 22.1. The third kappa shape index (κ3) is 13.2. The van der Waals surface area contributed by atoms with Gasteiger partial charge in [0.2, 0.25) is 0 Å². The van der Waals surface area contributed by atoms with E-state index in [1.165, 1.54) is 25.3 Å². The van der Waals surface area contributed by atoms with Crippen molar-refractivity contribution in [3.05, 3.63) is 12.2 Å². The molecule has 3 atom stereocenters. The van der Waals surface area contributed by atoms with Gasteiger partial charge in [-0.3, -0.25) is 4.79 Å². The molecule has 0 heterocycles. The van der Waals surface area contributed by atoms with E-state index in [4.69, 9.17) is 5.11 Å². The van der Waals surface area contributed by atoms with Crippen molar-refractivity contribution in [1.82, 2.24) is 0 Å². The van der Waals surface area contributed by atoms with E-state index in [2.05, 4.69) is 6.92 Å². The predicted molar refractivity (Wildman–Crippen MR) is 91.3 cm³/mol. The molecule has 0 radical (unpaired) electrons. The summed E-state index contributed by atoms with van der Waals surface area (Å²) in [4.78, 5) is 10.3. The molecule has 0 amide bonds. The largest absolute Gasteiger partial charge is 0.481 e. The second-order valence-electron chi connectivity index (χ2n) is 6.17. The van der Waals surface area contributed by atoms with Gasteiger partial charge in [0.05, 0.1) is 6.10 Å². The van der Waals surface area contributed by atoms with Crippen LogP contribution in [0, 0.1) is 0 Å². The highest BCUT2D eigenvalue weighted by molar-refractivity contribution is 5.66. The average Bonchev–Trinajstić information content (AvgIpc) is 2.52. The zero-order valence-electron chi connectivity index (χ0n) is 14.4. The number of hydrogen-bond donors (Lipinski definition) is 4. The summed E-state index contributed by atoms with van der Waals surface area (Å²) in [6.45, 7) is 2.17. The highest BCUT2D eigenvalue weighted by atomic mass is 16.4. The molecule has 5 nitrogen and oxygen atoms in total. The molecule has 0 aliphatic heterocycles. The lowest BCUT2D eigenvalue weighted by Gasteiger charge is -2.20. The van der Waals surface area contributed by atoms with E-state index in [0.29, 0.717) is 19.3 Å². The summed E-state index contributed by atoms with van der Waals surface area (Å²) in [5.41, 5.74) is 0. The number of carboxylic acids is 1. The predicted octanol–water partition coefficient (Wildman–Crippen LogP) is 3.02. The average molecular weight is 330 g/mol. The molecule has 0 aliphatic carbocycles. The smallest absolute Gasteiger partial charge is 0.303 e. The highest BCUT2D eigenvalue weighted by Crippen LogP contribution is 2.13. The first-order chi connectivity index (χ1) is 11.0. The van der Waals surface area contributed by atoms with Crippen LogP contribution in [0.2, 0.25) is 0 Å². The van der Waals surface area contributed by atoms with Gasteiger partial charge in [-0.05, 0) is 25.7 Å². The molecule has 5 heteroatoms. The van der Waals surface area contributed by atoms with Crippen molar-refractivity contribution in [2.24, 2.45) is 0 Å². The maximum absolute atomic E-state index is 10.3. The number of unbranched alkanes of at least 4 members (excludes halogenated alkanes) is 7. The van der Waals surface area contributed by atoms with Gasteiger partial charge < -0.3 is 20.4 Å². The normalized spacial score (nSPS) is 15.7. The van der Waals surface area contributed by atoms with Crippen LogP contribution in [0.3, 0.4) is 0 Å². The third-order valence-electron chi connectivity index (χ3n) is 3.94. The van der Waals surface area contributed by atoms with Gasteiger partial charge in [-0.25, -0.2) is 0 Å². The van der Waals surface area contributed by atoms with Crippen LogP contribution < -0.4 is 0 Å². The van der Waals surface area contributed by atoms with E-state index in [-0.39, 0.29) is 6.42 Å². The molecule has 0 aromatic rings. The maximum Gasteiger partial charge on any atom is 0.303 e. The molecule has 0 rings (SSSR count). The maximum atomic E-state index is 10.3. The molecule has 0 bridgehead atoms. The van der Waals surface area contributed by atoms with E-state index < -0.39 is 24.3 Å². The standard InChI is InChI=1S/C18H34O5/c1-2-3-4-5-6-9-12-15(19)18(23)16(20)13-10-7-8-11-14-17(21)22/h10,13,15-16,18-20,23H,2-9,11-12,14H2,1H3,(H,21,22)/b13-10-/t15-,16+,18+/m0/s1. The molecule has 0 unspecified atom stereocenters. The van der Waals surface area contributed by atoms with Crippen LogP contribution in [-0.4, -0.2) is 44.7 Å². The molecule has 0 aromatic heterocycles. The van der Waals surface area contributed by atoms with Crippen LogP contribution in [0.4, 0.5) is 0 Å². The number of aliphatic hydroxyl groups is 3. The number of allylic oxidation sites excluding steroid dienone is 1. The molecular weight excluding hydrogens is 296 g/mol. The zero-order chi connectivity index (χ0) is 17.5. The summed E-state index contributed by atoms with van der Waals surface area (Å²) in [7, 11) is 0. The summed E-state index contributed by atoms with van der Waals surface area (Å²) in [6.07, 6.45) is 9.38. The van der Waals surface area contributed by atoms with Gasteiger partial charge in [0, 0.05) is 6.42 Å². The van der Waals surface area contributed by atoms with E-state index in [1.54, 1.807) is 6.08 Å². The monoisotopic (exact) mass is 330 g/mol. The zero-order valence-corrected chi connectivity index (χ0v) is 14.4. The Hall–Kier alpha value is -0.910. The first-order valence-electron chi connectivity index (χ1n) is 8.91. The van der Waals surface area contributed by atoms with Gasteiger partial charge in [0.15, 0.2) is 0 Å². The summed E-state index contributed by atoms with van der Waals surface area (Å²) < 4.78 is 0. The SMILES string of the molecule is CCCCCCCC[C@H](O)[C@@H](O)[C@H](O)/C=C\CCCCC(=O)O.